The number of ether oxygens (including phenoxy) is 1. The third-order valence-corrected chi connectivity index (χ3v) is 3.09. The maximum Gasteiger partial charge on any atom is 0.264 e. The highest BCUT2D eigenvalue weighted by Crippen LogP contribution is 2.38. The second-order valence-corrected chi connectivity index (χ2v) is 4.56. The molecule has 2 rings (SSSR count). The fraction of sp³-hybridized carbons (Fsp3) is 0.308. The number of hydrogen-bond acceptors (Lipinski definition) is 4. The quantitative estimate of drug-likeness (QED) is 0.795. The van der Waals surface area contributed by atoms with Gasteiger partial charge in [0.15, 0.2) is 18.1 Å². The molecule has 98 valence electrons. The molecule has 0 saturated carbocycles. The molecule has 6 heteroatoms. The van der Waals surface area contributed by atoms with Gasteiger partial charge in [-0.05, 0) is 12.1 Å². The van der Waals surface area contributed by atoms with Crippen molar-refractivity contribution in [1.29, 1.82) is 5.26 Å². The Bertz CT molecular complexity index is 592. The molecule has 0 bridgehead atoms. The number of carbonyl (C=O) groups excluding carboxylic acids is 2. The standard InChI is InChI=1S/C13H11ClN2O3/c1-16-10-6-8(14)5-9(11(17)3-2-4-15)13(10)19-7-12(16)18/h5-6H,2-3,7H2,1H3. The van der Waals surface area contributed by atoms with Gasteiger partial charge in [-0.3, -0.25) is 9.59 Å². The molecular formula is C13H11ClN2O3. The summed E-state index contributed by atoms with van der Waals surface area (Å²) in [5, 5.41) is 8.87. The van der Waals surface area contributed by atoms with Gasteiger partial charge >= 0.3 is 0 Å². The van der Waals surface area contributed by atoms with Crippen LogP contribution in [0.3, 0.4) is 0 Å². The van der Waals surface area contributed by atoms with Crippen molar-refractivity contribution in [1.82, 2.24) is 0 Å². The Morgan fingerprint density at radius 1 is 1.58 bits per heavy atom. The Hall–Kier alpha value is -2.06. The molecule has 1 heterocycles. The zero-order chi connectivity index (χ0) is 14.0. The second-order valence-electron chi connectivity index (χ2n) is 4.12. The Labute approximate surface area is 115 Å². The topological polar surface area (TPSA) is 70.4 Å². The maximum atomic E-state index is 12.0. The van der Waals surface area contributed by atoms with Gasteiger partial charge in [0.2, 0.25) is 0 Å². The lowest BCUT2D eigenvalue weighted by atomic mass is 10.0. The van der Waals surface area contributed by atoms with E-state index in [0.29, 0.717) is 22.0 Å². The summed E-state index contributed by atoms with van der Waals surface area (Å²) < 4.78 is 5.34. The van der Waals surface area contributed by atoms with Crippen molar-refractivity contribution in [2.75, 3.05) is 18.6 Å². The van der Waals surface area contributed by atoms with E-state index in [1.165, 1.54) is 11.0 Å². The lowest BCUT2D eigenvalue weighted by molar-refractivity contribution is -0.121. The van der Waals surface area contributed by atoms with Crippen molar-refractivity contribution in [2.45, 2.75) is 12.8 Å². The highest BCUT2D eigenvalue weighted by Gasteiger charge is 2.27. The van der Waals surface area contributed by atoms with Gasteiger partial charge in [-0.25, -0.2) is 0 Å². The summed E-state index contributed by atoms with van der Waals surface area (Å²) in [5.41, 5.74) is 0.793. The third kappa shape index (κ3) is 2.54. The average Bonchev–Trinajstić information content (AvgIpc) is 2.40. The zero-order valence-electron chi connectivity index (χ0n) is 10.3. The Balaban J connectivity index is 2.46. The average molecular weight is 279 g/mol. The normalized spacial score (nSPS) is 13.5. The highest BCUT2D eigenvalue weighted by molar-refractivity contribution is 6.31. The van der Waals surface area contributed by atoms with Gasteiger partial charge in [0.05, 0.1) is 17.3 Å². The monoisotopic (exact) mass is 278 g/mol. The lowest BCUT2D eigenvalue weighted by Gasteiger charge is -2.27. The first kappa shape index (κ1) is 13.4. The molecule has 0 fully saturated rings. The molecule has 0 N–H and O–H groups in total. The molecule has 5 nitrogen and oxygen atoms in total. The molecule has 0 spiro atoms. The first-order valence-corrected chi connectivity index (χ1v) is 6.05. The van der Waals surface area contributed by atoms with Gasteiger partial charge in [0.1, 0.15) is 0 Å². The summed E-state index contributed by atoms with van der Waals surface area (Å²) >= 11 is 5.96. The maximum absolute atomic E-state index is 12.0. The van der Waals surface area contributed by atoms with Crippen molar-refractivity contribution >= 4 is 29.0 Å². The van der Waals surface area contributed by atoms with E-state index in [1.54, 1.807) is 13.1 Å². The predicted molar refractivity (Wildman–Crippen MR) is 69.5 cm³/mol. The summed E-state index contributed by atoms with van der Waals surface area (Å²) in [5.74, 6) is -0.0670. The zero-order valence-corrected chi connectivity index (χ0v) is 11.0. The predicted octanol–water partition coefficient (Wildman–Crippen LogP) is 2.18. The number of rotatable bonds is 3. The van der Waals surface area contributed by atoms with Crippen molar-refractivity contribution in [2.24, 2.45) is 0 Å². The van der Waals surface area contributed by atoms with E-state index in [1.807, 2.05) is 6.07 Å². The summed E-state index contributed by atoms with van der Waals surface area (Å²) in [4.78, 5) is 25.0. The van der Waals surface area contributed by atoms with Gasteiger partial charge in [-0.15, -0.1) is 0 Å². The van der Waals surface area contributed by atoms with E-state index < -0.39 is 0 Å². The van der Waals surface area contributed by atoms with Crippen LogP contribution in [0.5, 0.6) is 5.75 Å². The highest BCUT2D eigenvalue weighted by atomic mass is 35.5. The number of nitrogens with zero attached hydrogens (tertiary/aromatic N) is 2. The number of benzene rings is 1. The fourth-order valence-corrected chi connectivity index (χ4v) is 2.07. The molecule has 0 saturated heterocycles. The van der Waals surface area contributed by atoms with Gasteiger partial charge in [-0.1, -0.05) is 11.6 Å². The molecular weight excluding hydrogens is 268 g/mol. The first-order valence-electron chi connectivity index (χ1n) is 5.67. The summed E-state index contributed by atoms with van der Waals surface area (Å²) in [6.07, 6.45) is 0.235. The van der Waals surface area contributed by atoms with Gasteiger partial charge < -0.3 is 9.64 Å². The molecule has 1 aromatic carbocycles. The minimum absolute atomic E-state index is 0.101. The molecule has 1 aliphatic heterocycles. The third-order valence-electron chi connectivity index (χ3n) is 2.87. The van der Waals surface area contributed by atoms with Crippen molar-refractivity contribution in [3.63, 3.8) is 0 Å². The van der Waals surface area contributed by atoms with Crippen LogP contribution >= 0.6 is 11.6 Å². The Morgan fingerprint density at radius 3 is 3.00 bits per heavy atom. The molecule has 0 unspecified atom stereocenters. The summed E-state index contributed by atoms with van der Waals surface area (Å²) in [7, 11) is 1.60. The molecule has 1 amide bonds. The number of hydrogen-bond donors (Lipinski definition) is 0. The number of halogens is 1. The van der Waals surface area contributed by atoms with Crippen molar-refractivity contribution in [3.8, 4) is 11.8 Å². The minimum Gasteiger partial charge on any atom is -0.481 e. The molecule has 19 heavy (non-hydrogen) atoms. The van der Waals surface area contributed by atoms with Crippen LogP contribution in [0.15, 0.2) is 12.1 Å². The number of likely N-dealkylation sites (N-methyl/N-ethyl adjacent to an activating group) is 1. The van der Waals surface area contributed by atoms with Crippen LogP contribution in [0.4, 0.5) is 5.69 Å². The van der Waals surface area contributed by atoms with E-state index in [2.05, 4.69) is 0 Å². The van der Waals surface area contributed by atoms with E-state index in [4.69, 9.17) is 21.6 Å². The number of nitriles is 1. The van der Waals surface area contributed by atoms with Gasteiger partial charge in [-0.2, -0.15) is 5.26 Å². The number of Topliss-reactive ketones (excluding diaryl/α,β-unsaturated/α-hetero) is 1. The minimum atomic E-state index is -0.219. The Morgan fingerprint density at radius 2 is 2.32 bits per heavy atom. The first-order chi connectivity index (χ1) is 9.04. The summed E-state index contributed by atoms with van der Waals surface area (Å²) in [6.45, 7) is -0.107. The number of amides is 1. The largest absolute Gasteiger partial charge is 0.481 e. The molecule has 1 aliphatic rings. The van der Waals surface area contributed by atoms with Crippen LogP contribution in [0.25, 0.3) is 0 Å². The smallest absolute Gasteiger partial charge is 0.264 e. The number of carbonyl (C=O) groups is 2. The van der Waals surface area contributed by atoms with Crippen LogP contribution in [0, 0.1) is 11.3 Å². The van der Waals surface area contributed by atoms with Gasteiger partial charge in [0.25, 0.3) is 5.91 Å². The second kappa shape index (κ2) is 5.29. The molecule has 0 aromatic heterocycles. The molecule has 0 aliphatic carbocycles. The number of anilines is 1. The van der Waals surface area contributed by atoms with E-state index in [-0.39, 0.29) is 31.1 Å². The van der Waals surface area contributed by atoms with Crippen molar-refractivity contribution < 1.29 is 14.3 Å². The van der Waals surface area contributed by atoms with E-state index in [9.17, 15) is 9.59 Å². The molecule has 0 atom stereocenters. The molecule has 0 radical (unpaired) electrons. The van der Waals surface area contributed by atoms with Crippen molar-refractivity contribution in [3.05, 3.63) is 22.7 Å². The van der Waals surface area contributed by atoms with Crippen LogP contribution in [-0.4, -0.2) is 25.3 Å². The SMILES string of the molecule is CN1C(=O)COc2c(C(=O)CCC#N)cc(Cl)cc21. The van der Waals surface area contributed by atoms with E-state index in [0.717, 1.165) is 0 Å². The van der Waals surface area contributed by atoms with Crippen LogP contribution < -0.4 is 9.64 Å². The lowest BCUT2D eigenvalue weighted by Crippen LogP contribution is -2.36. The van der Waals surface area contributed by atoms with Gasteiger partial charge in [0, 0.05) is 24.9 Å². The van der Waals surface area contributed by atoms with Crippen LogP contribution in [-0.2, 0) is 4.79 Å². The van der Waals surface area contributed by atoms with E-state index >= 15 is 0 Å². The number of ketones is 1. The fourth-order valence-electron chi connectivity index (χ4n) is 1.86. The molecule has 1 aromatic rings. The van der Waals surface area contributed by atoms with Crippen LogP contribution in [0.2, 0.25) is 5.02 Å². The summed E-state index contributed by atoms with van der Waals surface area (Å²) in [6, 6.07) is 5.00. The van der Waals surface area contributed by atoms with Crippen LogP contribution in [0.1, 0.15) is 23.2 Å². The number of fused-ring (bicyclic) bond motifs is 1. The Kier molecular flexibility index (Phi) is 3.72.